The third kappa shape index (κ3) is 4.07. The number of aryl methyl sites for hydroxylation is 1. The Morgan fingerprint density at radius 1 is 1.08 bits per heavy atom. The largest absolute Gasteiger partial charge is 0.352 e. The van der Waals surface area contributed by atoms with E-state index in [-0.39, 0.29) is 29.5 Å². The van der Waals surface area contributed by atoms with Crippen LogP contribution in [0.15, 0.2) is 23.0 Å². The zero-order chi connectivity index (χ0) is 25.0. The van der Waals surface area contributed by atoms with Crippen molar-refractivity contribution in [2.75, 3.05) is 6.54 Å². The van der Waals surface area contributed by atoms with Gasteiger partial charge in [-0.15, -0.1) is 0 Å². The SMILES string of the molecule is Cn1c(=O)n(C2CCC(=O)NC2=O)c2cccc(CNC(=O)CCNC34CC5CC(CC(C5)C3)C4)c21. The van der Waals surface area contributed by atoms with Crippen molar-refractivity contribution in [2.24, 2.45) is 24.8 Å². The van der Waals surface area contributed by atoms with Crippen LogP contribution < -0.4 is 21.6 Å². The summed E-state index contributed by atoms with van der Waals surface area (Å²) in [6.45, 7) is 0.993. The van der Waals surface area contributed by atoms with Crippen LogP contribution in [0.25, 0.3) is 11.0 Å². The molecule has 1 unspecified atom stereocenters. The molecule has 5 aliphatic rings. The number of para-hydroxylation sites is 1. The van der Waals surface area contributed by atoms with Crippen molar-refractivity contribution >= 4 is 28.8 Å². The molecule has 4 saturated carbocycles. The second kappa shape index (κ2) is 8.87. The van der Waals surface area contributed by atoms with Crippen LogP contribution in [-0.4, -0.2) is 38.9 Å². The van der Waals surface area contributed by atoms with E-state index in [0.717, 1.165) is 23.3 Å². The predicted octanol–water partition coefficient (Wildman–Crippen LogP) is 1.88. The number of nitrogens with one attached hydrogen (secondary N) is 3. The molecular formula is C27H35N5O4. The van der Waals surface area contributed by atoms with Crippen LogP contribution in [0.2, 0.25) is 0 Å². The minimum atomic E-state index is -0.723. The number of aromatic nitrogens is 2. The Morgan fingerprint density at radius 3 is 2.44 bits per heavy atom. The number of benzene rings is 1. The Balaban J connectivity index is 1.11. The molecule has 192 valence electrons. The molecule has 4 aliphatic carbocycles. The standard InChI is InChI=1S/C27H35N5O4/c1-31-24-19(3-2-4-20(24)32(26(31)36)21-5-6-23(34)30-25(21)35)15-28-22(33)7-8-29-27-12-16-9-17(13-27)11-18(10-16)14-27/h2-4,16-18,21,29H,5-15H2,1H3,(H,28,33)(H,30,34,35). The van der Waals surface area contributed by atoms with Crippen LogP contribution in [0.4, 0.5) is 0 Å². The Labute approximate surface area is 210 Å². The first-order chi connectivity index (χ1) is 17.3. The third-order valence-corrected chi connectivity index (χ3v) is 9.07. The molecule has 5 fully saturated rings. The third-order valence-electron chi connectivity index (χ3n) is 9.07. The number of hydrogen-bond acceptors (Lipinski definition) is 5. The lowest BCUT2D eigenvalue weighted by Crippen LogP contribution is -2.58. The van der Waals surface area contributed by atoms with E-state index in [1.54, 1.807) is 13.1 Å². The zero-order valence-electron chi connectivity index (χ0n) is 20.8. The van der Waals surface area contributed by atoms with Gasteiger partial charge in [0.1, 0.15) is 6.04 Å². The number of carbonyl (C=O) groups excluding carboxylic acids is 3. The highest BCUT2D eigenvalue weighted by molar-refractivity contribution is 6.00. The Morgan fingerprint density at radius 2 is 1.78 bits per heavy atom. The number of fused-ring (bicyclic) bond motifs is 1. The quantitative estimate of drug-likeness (QED) is 0.510. The molecule has 0 spiro atoms. The molecule has 1 aliphatic heterocycles. The van der Waals surface area contributed by atoms with Crippen LogP contribution in [0.5, 0.6) is 0 Å². The van der Waals surface area contributed by atoms with Crippen molar-refractivity contribution in [1.29, 1.82) is 0 Å². The highest BCUT2D eigenvalue weighted by Gasteiger charge is 2.50. The number of amides is 3. The summed E-state index contributed by atoms with van der Waals surface area (Å²) in [4.78, 5) is 49.8. The van der Waals surface area contributed by atoms with Gasteiger partial charge in [0.05, 0.1) is 11.0 Å². The van der Waals surface area contributed by atoms with Crippen molar-refractivity contribution in [3.8, 4) is 0 Å². The molecule has 2 heterocycles. The van der Waals surface area contributed by atoms with Crippen molar-refractivity contribution < 1.29 is 14.4 Å². The van der Waals surface area contributed by atoms with Gasteiger partial charge in [-0.25, -0.2) is 4.79 Å². The molecule has 1 aromatic heterocycles. The van der Waals surface area contributed by atoms with Crippen LogP contribution in [0.3, 0.4) is 0 Å². The van der Waals surface area contributed by atoms with Gasteiger partial charge in [-0.1, -0.05) is 12.1 Å². The van der Waals surface area contributed by atoms with E-state index < -0.39 is 11.9 Å². The van der Waals surface area contributed by atoms with Gasteiger partial charge in [-0.3, -0.25) is 28.8 Å². The molecule has 3 N–H and O–H groups in total. The first-order valence-electron chi connectivity index (χ1n) is 13.4. The van der Waals surface area contributed by atoms with Gasteiger partial charge < -0.3 is 10.6 Å². The molecule has 1 aromatic carbocycles. The fourth-order valence-corrected chi connectivity index (χ4v) is 7.94. The lowest BCUT2D eigenvalue weighted by molar-refractivity contribution is -0.135. The molecule has 0 radical (unpaired) electrons. The minimum absolute atomic E-state index is 0.0150. The monoisotopic (exact) mass is 493 g/mol. The summed E-state index contributed by atoms with van der Waals surface area (Å²) in [5, 5.41) is 9.14. The van der Waals surface area contributed by atoms with Gasteiger partial charge >= 0.3 is 5.69 Å². The van der Waals surface area contributed by atoms with E-state index in [1.807, 2.05) is 12.1 Å². The average molecular weight is 494 g/mol. The van der Waals surface area contributed by atoms with E-state index in [4.69, 9.17) is 0 Å². The van der Waals surface area contributed by atoms with Crippen LogP contribution in [-0.2, 0) is 28.0 Å². The number of imidazole rings is 1. The molecule has 1 saturated heterocycles. The number of hydrogen-bond donors (Lipinski definition) is 3. The van der Waals surface area contributed by atoms with Crippen molar-refractivity contribution in [1.82, 2.24) is 25.1 Å². The Bertz CT molecular complexity index is 1260. The van der Waals surface area contributed by atoms with Crippen LogP contribution >= 0.6 is 0 Å². The number of piperidine rings is 1. The molecule has 4 bridgehead atoms. The van der Waals surface area contributed by atoms with Crippen molar-refractivity contribution in [3.05, 3.63) is 34.2 Å². The van der Waals surface area contributed by atoms with Gasteiger partial charge in [0.25, 0.3) is 0 Å². The summed E-state index contributed by atoms with van der Waals surface area (Å²) in [7, 11) is 1.67. The highest BCUT2D eigenvalue weighted by Crippen LogP contribution is 2.55. The number of rotatable bonds is 7. The maximum atomic E-state index is 13.1. The average Bonchev–Trinajstić information content (AvgIpc) is 3.07. The predicted molar refractivity (Wildman–Crippen MR) is 134 cm³/mol. The summed E-state index contributed by atoms with van der Waals surface area (Å²) >= 11 is 0. The van der Waals surface area contributed by atoms with Gasteiger partial charge in [-0.05, 0) is 74.3 Å². The van der Waals surface area contributed by atoms with Crippen LogP contribution in [0.1, 0.15) is 69.4 Å². The van der Waals surface area contributed by atoms with E-state index >= 15 is 0 Å². The zero-order valence-corrected chi connectivity index (χ0v) is 20.8. The Hall–Kier alpha value is -2.94. The van der Waals surface area contributed by atoms with E-state index in [0.29, 0.717) is 37.0 Å². The number of nitrogens with zero attached hydrogens (tertiary/aromatic N) is 2. The van der Waals surface area contributed by atoms with E-state index in [9.17, 15) is 19.2 Å². The van der Waals surface area contributed by atoms with E-state index in [2.05, 4.69) is 16.0 Å². The molecule has 9 heteroatoms. The molecule has 7 rings (SSSR count). The van der Waals surface area contributed by atoms with Crippen molar-refractivity contribution in [3.63, 3.8) is 0 Å². The fraction of sp³-hybridized carbons (Fsp3) is 0.630. The van der Waals surface area contributed by atoms with Crippen molar-refractivity contribution in [2.45, 2.75) is 75.9 Å². The number of carbonyl (C=O) groups is 3. The normalized spacial score (nSPS) is 31.1. The topological polar surface area (TPSA) is 114 Å². The summed E-state index contributed by atoms with van der Waals surface area (Å²) in [6.07, 6.45) is 8.92. The molecule has 3 amide bonds. The highest BCUT2D eigenvalue weighted by atomic mass is 16.2. The molecule has 36 heavy (non-hydrogen) atoms. The molecular weight excluding hydrogens is 458 g/mol. The lowest BCUT2D eigenvalue weighted by atomic mass is 9.53. The van der Waals surface area contributed by atoms with E-state index in [1.165, 1.54) is 47.7 Å². The first-order valence-corrected chi connectivity index (χ1v) is 13.4. The summed E-state index contributed by atoms with van der Waals surface area (Å²) in [5.41, 5.74) is 2.09. The summed E-state index contributed by atoms with van der Waals surface area (Å²) in [5.74, 6) is 1.84. The lowest BCUT2D eigenvalue weighted by Gasteiger charge is -2.57. The Kier molecular flexibility index (Phi) is 5.78. The first kappa shape index (κ1) is 23.5. The second-order valence-electron chi connectivity index (χ2n) is 11.6. The molecule has 1 atom stereocenters. The fourth-order valence-electron chi connectivity index (χ4n) is 7.94. The van der Waals surface area contributed by atoms with Gasteiger partial charge in [-0.2, -0.15) is 0 Å². The molecule has 2 aromatic rings. The number of imide groups is 1. The van der Waals surface area contributed by atoms with Crippen LogP contribution in [0, 0.1) is 17.8 Å². The maximum Gasteiger partial charge on any atom is 0.329 e. The minimum Gasteiger partial charge on any atom is -0.352 e. The van der Waals surface area contributed by atoms with Gasteiger partial charge in [0, 0.05) is 38.5 Å². The molecule has 9 nitrogen and oxygen atoms in total. The van der Waals surface area contributed by atoms with Gasteiger partial charge in [0.15, 0.2) is 0 Å². The van der Waals surface area contributed by atoms with Gasteiger partial charge in [0.2, 0.25) is 17.7 Å². The summed E-state index contributed by atoms with van der Waals surface area (Å²) in [6, 6.07) is 4.81. The summed E-state index contributed by atoms with van der Waals surface area (Å²) < 4.78 is 2.99. The maximum absolute atomic E-state index is 13.1. The smallest absolute Gasteiger partial charge is 0.329 e. The second-order valence-corrected chi connectivity index (χ2v) is 11.6.